The Bertz CT molecular complexity index is 987. The number of phenols is 1. The van der Waals surface area contributed by atoms with Crippen LogP contribution in [0.2, 0.25) is 0 Å². The van der Waals surface area contributed by atoms with Crippen LogP contribution in [0.15, 0.2) is 42.5 Å². The van der Waals surface area contributed by atoms with Crippen LogP contribution in [0.4, 0.5) is 0 Å². The number of nitrogens with one attached hydrogen (secondary N) is 1. The van der Waals surface area contributed by atoms with Crippen molar-refractivity contribution in [2.45, 2.75) is 38.6 Å². The molecule has 0 saturated heterocycles. The van der Waals surface area contributed by atoms with Crippen molar-refractivity contribution in [3.8, 4) is 5.75 Å². The lowest BCUT2D eigenvalue weighted by Crippen LogP contribution is -2.33. The Balaban J connectivity index is 1.96. The molecule has 160 valence electrons. The third-order valence-corrected chi connectivity index (χ3v) is 5.05. The molecule has 0 bridgehead atoms. The number of aromatic nitrogens is 3. The minimum absolute atomic E-state index is 0.0615. The molecule has 7 nitrogen and oxygen atoms in total. The van der Waals surface area contributed by atoms with Crippen LogP contribution in [-0.4, -0.2) is 58.1 Å². The van der Waals surface area contributed by atoms with Gasteiger partial charge in [-0.15, -0.1) is 0 Å². The molecular weight excluding hydrogens is 378 g/mol. The van der Waals surface area contributed by atoms with Gasteiger partial charge in [-0.3, -0.25) is 4.79 Å². The van der Waals surface area contributed by atoms with E-state index in [0.29, 0.717) is 6.54 Å². The summed E-state index contributed by atoms with van der Waals surface area (Å²) in [6.45, 7) is 7.50. The zero-order chi connectivity index (χ0) is 21.9. The quantitative estimate of drug-likeness (QED) is 0.627. The lowest BCUT2D eigenvalue weighted by molar-refractivity contribution is -0.121. The summed E-state index contributed by atoms with van der Waals surface area (Å²) in [5, 5.41) is 22.6. The van der Waals surface area contributed by atoms with Crippen LogP contribution in [0.5, 0.6) is 5.75 Å². The van der Waals surface area contributed by atoms with E-state index in [9.17, 15) is 9.90 Å². The molecule has 0 radical (unpaired) electrons. The SMILES string of the molecule is CN(C)CCNC(=O)CC(c1ccc(O)c(C(C)(C)C)c1)n1nc2ccccc2n1. The third kappa shape index (κ3) is 5.16. The molecule has 0 aliphatic rings. The monoisotopic (exact) mass is 409 g/mol. The number of hydrogen-bond acceptors (Lipinski definition) is 5. The summed E-state index contributed by atoms with van der Waals surface area (Å²) in [5.41, 5.74) is 3.05. The number of hydrogen-bond donors (Lipinski definition) is 2. The molecule has 1 unspecified atom stereocenters. The Morgan fingerprint density at radius 1 is 1.13 bits per heavy atom. The van der Waals surface area contributed by atoms with E-state index >= 15 is 0 Å². The summed E-state index contributed by atoms with van der Waals surface area (Å²) in [7, 11) is 3.94. The second kappa shape index (κ2) is 8.83. The maximum Gasteiger partial charge on any atom is 0.222 e. The number of fused-ring (bicyclic) bond motifs is 1. The topological polar surface area (TPSA) is 83.3 Å². The van der Waals surface area contributed by atoms with Gasteiger partial charge in [-0.2, -0.15) is 15.0 Å². The molecule has 1 aromatic heterocycles. The molecule has 0 aliphatic heterocycles. The summed E-state index contributed by atoms with van der Waals surface area (Å²) >= 11 is 0. The summed E-state index contributed by atoms with van der Waals surface area (Å²) in [6.07, 6.45) is 0.211. The fourth-order valence-electron chi connectivity index (χ4n) is 3.38. The van der Waals surface area contributed by atoms with Crippen molar-refractivity contribution in [2.75, 3.05) is 27.2 Å². The van der Waals surface area contributed by atoms with Crippen molar-refractivity contribution in [2.24, 2.45) is 0 Å². The highest BCUT2D eigenvalue weighted by Crippen LogP contribution is 2.34. The molecule has 0 spiro atoms. The molecule has 7 heteroatoms. The van der Waals surface area contributed by atoms with Gasteiger partial charge in [0.2, 0.25) is 5.91 Å². The number of phenolic OH excluding ortho intramolecular Hbond substituents is 1. The van der Waals surface area contributed by atoms with Crippen LogP contribution in [0.3, 0.4) is 0 Å². The lowest BCUT2D eigenvalue weighted by Gasteiger charge is -2.23. The average molecular weight is 410 g/mol. The summed E-state index contributed by atoms with van der Waals surface area (Å²) in [4.78, 5) is 16.3. The Morgan fingerprint density at radius 2 is 1.77 bits per heavy atom. The standard InChI is InChI=1S/C23H31N5O2/c1-23(2,3)17-14-16(10-11-21(17)29)20(15-22(30)24-12-13-27(4)5)28-25-18-8-6-7-9-19(18)26-28/h6-11,14,20,29H,12-13,15H2,1-5H3,(H,24,30). The highest BCUT2D eigenvalue weighted by molar-refractivity contribution is 5.77. The predicted molar refractivity (Wildman–Crippen MR) is 119 cm³/mol. The van der Waals surface area contributed by atoms with Crippen LogP contribution < -0.4 is 5.32 Å². The smallest absolute Gasteiger partial charge is 0.222 e. The van der Waals surface area contributed by atoms with E-state index in [1.54, 1.807) is 10.9 Å². The average Bonchev–Trinajstić information content (AvgIpc) is 3.09. The van der Waals surface area contributed by atoms with Crippen molar-refractivity contribution in [1.29, 1.82) is 0 Å². The van der Waals surface area contributed by atoms with Gasteiger partial charge in [-0.1, -0.05) is 39.0 Å². The molecule has 2 N–H and O–H groups in total. The zero-order valence-corrected chi connectivity index (χ0v) is 18.4. The predicted octanol–water partition coefficient (Wildman–Crippen LogP) is 3.09. The fourth-order valence-corrected chi connectivity index (χ4v) is 3.38. The zero-order valence-electron chi connectivity index (χ0n) is 18.4. The Labute approximate surface area is 177 Å². The largest absolute Gasteiger partial charge is 0.508 e. The first-order chi connectivity index (χ1) is 14.1. The number of carbonyl (C=O) groups is 1. The van der Waals surface area contributed by atoms with Gasteiger partial charge in [0.1, 0.15) is 22.8 Å². The number of carbonyl (C=O) groups excluding carboxylic acids is 1. The van der Waals surface area contributed by atoms with Crippen LogP contribution in [-0.2, 0) is 10.2 Å². The first kappa shape index (κ1) is 21.8. The maximum atomic E-state index is 12.7. The van der Waals surface area contributed by atoms with E-state index in [-0.39, 0.29) is 29.5 Å². The molecule has 0 fully saturated rings. The van der Waals surface area contributed by atoms with E-state index in [0.717, 1.165) is 28.7 Å². The minimum atomic E-state index is -0.376. The van der Waals surface area contributed by atoms with Crippen LogP contribution in [0.1, 0.15) is 44.4 Å². The minimum Gasteiger partial charge on any atom is -0.508 e. The fraction of sp³-hybridized carbons (Fsp3) is 0.435. The Kier molecular flexibility index (Phi) is 6.41. The molecular formula is C23H31N5O2. The van der Waals surface area contributed by atoms with E-state index < -0.39 is 0 Å². The number of likely N-dealkylation sites (N-methyl/N-ethyl adjacent to an activating group) is 1. The number of rotatable bonds is 7. The van der Waals surface area contributed by atoms with E-state index in [2.05, 4.69) is 36.3 Å². The molecule has 2 aromatic carbocycles. The summed E-state index contributed by atoms with van der Waals surface area (Å²) < 4.78 is 0. The van der Waals surface area contributed by atoms with Gasteiger partial charge < -0.3 is 15.3 Å². The van der Waals surface area contributed by atoms with Gasteiger partial charge in [0.25, 0.3) is 0 Å². The molecule has 3 aromatic rings. The van der Waals surface area contributed by atoms with Gasteiger partial charge in [0, 0.05) is 13.1 Å². The van der Waals surface area contributed by atoms with Gasteiger partial charge in [0.05, 0.1) is 6.42 Å². The maximum absolute atomic E-state index is 12.7. The Hall–Kier alpha value is -2.93. The first-order valence-corrected chi connectivity index (χ1v) is 10.2. The van der Waals surface area contributed by atoms with Gasteiger partial charge >= 0.3 is 0 Å². The van der Waals surface area contributed by atoms with Crippen molar-refractivity contribution >= 4 is 16.9 Å². The van der Waals surface area contributed by atoms with Gasteiger partial charge in [0.15, 0.2) is 0 Å². The molecule has 30 heavy (non-hydrogen) atoms. The van der Waals surface area contributed by atoms with Gasteiger partial charge in [-0.05, 0) is 54.9 Å². The summed E-state index contributed by atoms with van der Waals surface area (Å²) in [5.74, 6) is 0.188. The summed E-state index contributed by atoms with van der Waals surface area (Å²) in [6, 6.07) is 12.8. The molecule has 1 heterocycles. The van der Waals surface area contributed by atoms with Crippen molar-refractivity contribution in [3.05, 3.63) is 53.6 Å². The van der Waals surface area contributed by atoms with Crippen LogP contribution in [0, 0.1) is 0 Å². The van der Waals surface area contributed by atoms with Crippen molar-refractivity contribution in [1.82, 2.24) is 25.2 Å². The number of aromatic hydroxyl groups is 1. The second-order valence-electron chi connectivity index (χ2n) is 8.91. The molecule has 1 amide bonds. The third-order valence-electron chi connectivity index (χ3n) is 5.05. The number of benzene rings is 2. The second-order valence-corrected chi connectivity index (χ2v) is 8.91. The molecule has 0 saturated carbocycles. The highest BCUT2D eigenvalue weighted by Gasteiger charge is 2.25. The Morgan fingerprint density at radius 3 is 2.33 bits per heavy atom. The van der Waals surface area contributed by atoms with Crippen LogP contribution in [0.25, 0.3) is 11.0 Å². The van der Waals surface area contributed by atoms with Crippen LogP contribution >= 0.6 is 0 Å². The molecule has 0 aliphatic carbocycles. The molecule has 1 atom stereocenters. The van der Waals surface area contributed by atoms with Crippen molar-refractivity contribution in [3.63, 3.8) is 0 Å². The lowest BCUT2D eigenvalue weighted by atomic mass is 9.84. The normalized spacial score (nSPS) is 13.0. The van der Waals surface area contributed by atoms with Crippen molar-refractivity contribution < 1.29 is 9.90 Å². The van der Waals surface area contributed by atoms with Gasteiger partial charge in [-0.25, -0.2) is 0 Å². The highest BCUT2D eigenvalue weighted by atomic mass is 16.3. The first-order valence-electron chi connectivity index (χ1n) is 10.2. The molecule has 3 rings (SSSR count). The van der Waals surface area contributed by atoms with E-state index in [4.69, 9.17) is 0 Å². The van der Waals surface area contributed by atoms with E-state index in [1.807, 2.05) is 55.4 Å². The number of nitrogens with zero attached hydrogens (tertiary/aromatic N) is 4. The number of amides is 1. The van der Waals surface area contributed by atoms with E-state index in [1.165, 1.54) is 0 Å².